The molecular formula is C11H18ClN3. The molecule has 0 aromatic carbocycles. The summed E-state index contributed by atoms with van der Waals surface area (Å²) in [5, 5.41) is 3.88. The van der Waals surface area contributed by atoms with E-state index in [9.17, 15) is 0 Å². The Hall–Kier alpha value is -0.960. The number of nitrogens with one attached hydrogen (secondary N) is 1. The number of halogens is 1. The Bertz CT molecular complexity index is 337. The molecule has 0 atom stereocenters. The third-order valence-corrected chi connectivity index (χ3v) is 2.42. The minimum Gasteiger partial charge on any atom is -0.396 e. The van der Waals surface area contributed by atoms with Crippen molar-refractivity contribution in [3.8, 4) is 0 Å². The first kappa shape index (κ1) is 12.1. The molecule has 0 bridgehead atoms. The Labute approximate surface area is 96.0 Å². The lowest BCUT2D eigenvalue weighted by Gasteiger charge is -2.27. The van der Waals surface area contributed by atoms with Gasteiger partial charge in [0, 0.05) is 11.7 Å². The highest BCUT2D eigenvalue weighted by atomic mass is 35.5. The zero-order chi connectivity index (χ0) is 11.5. The summed E-state index contributed by atoms with van der Waals surface area (Å²) < 4.78 is 0. The van der Waals surface area contributed by atoms with Gasteiger partial charge in [0.2, 0.25) is 0 Å². The maximum absolute atomic E-state index is 5.82. The number of nitrogen functional groups attached to an aromatic ring is 1. The lowest BCUT2D eigenvalue weighted by Crippen LogP contribution is -2.31. The average molecular weight is 228 g/mol. The van der Waals surface area contributed by atoms with Gasteiger partial charge in [-0.25, -0.2) is 4.98 Å². The van der Waals surface area contributed by atoms with Crippen molar-refractivity contribution in [2.75, 3.05) is 11.1 Å². The minimum absolute atomic E-state index is 0.00367. The van der Waals surface area contributed by atoms with Crippen molar-refractivity contribution in [2.45, 2.75) is 39.2 Å². The summed E-state index contributed by atoms with van der Waals surface area (Å²) in [5.41, 5.74) is 6.41. The number of nitrogens with zero attached hydrogens (tertiary/aromatic N) is 1. The highest BCUT2D eigenvalue weighted by Crippen LogP contribution is 2.24. The normalized spacial score (nSPS) is 11.5. The number of anilines is 2. The van der Waals surface area contributed by atoms with Gasteiger partial charge in [0.15, 0.2) is 0 Å². The standard InChI is InChI=1S/C11H18ClN3/c1-4-5-11(2,3)15-10-9(13)6-8(12)7-14-10/h6-7H,4-5,13H2,1-3H3,(H,14,15). The second-order valence-electron chi connectivity index (χ2n) is 4.35. The summed E-state index contributed by atoms with van der Waals surface area (Å²) in [6, 6.07) is 1.71. The van der Waals surface area contributed by atoms with E-state index < -0.39 is 0 Å². The Kier molecular flexibility index (Phi) is 3.80. The van der Waals surface area contributed by atoms with Crippen LogP contribution >= 0.6 is 11.6 Å². The smallest absolute Gasteiger partial charge is 0.149 e. The fourth-order valence-electron chi connectivity index (χ4n) is 1.57. The van der Waals surface area contributed by atoms with E-state index in [1.54, 1.807) is 12.3 Å². The number of hydrogen-bond acceptors (Lipinski definition) is 3. The molecule has 0 saturated carbocycles. The first-order valence-corrected chi connectivity index (χ1v) is 5.51. The van der Waals surface area contributed by atoms with E-state index in [1.807, 2.05) is 0 Å². The quantitative estimate of drug-likeness (QED) is 0.830. The molecule has 0 spiro atoms. The van der Waals surface area contributed by atoms with E-state index >= 15 is 0 Å². The molecule has 0 fully saturated rings. The van der Waals surface area contributed by atoms with Gasteiger partial charge in [-0.1, -0.05) is 24.9 Å². The summed E-state index contributed by atoms with van der Waals surface area (Å²) >= 11 is 5.78. The second kappa shape index (κ2) is 4.71. The Morgan fingerprint density at radius 1 is 1.53 bits per heavy atom. The van der Waals surface area contributed by atoms with Crippen LogP contribution in [0.2, 0.25) is 5.02 Å². The number of hydrogen-bond donors (Lipinski definition) is 2. The zero-order valence-electron chi connectivity index (χ0n) is 9.47. The molecule has 4 heteroatoms. The molecule has 84 valence electrons. The maximum Gasteiger partial charge on any atom is 0.149 e. The van der Waals surface area contributed by atoms with Gasteiger partial charge in [-0.05, 0) is 26.3 Å². The summed E-state index contributed by atoms with van der Waals surface area (Å²) in [7, 11) is 0. The Morgan fingerprint density at radius 2 is 2.20 bits per heavy atom. The maximum atomic E-state index is 5.82. The predicted octanol–water partition coefficient (Wildman–Crippen LogP) is 3.31. The highest BCUT2D eigenvalue weighted by Gasteiger charge is 2.17. The second-order valence-corrected chi connectivity index (χ2v) is 4.79. The van der Waals surface area contributed by atoms with Gasteiger partial charge >= 0.3 is 0 Å². The Morgan fingerprint density at radius 3 is 2.73 bits per heavy atom. The molecule has 1 aromatic heterocycles. The fraction of sp³-hybridized carbons (Fsp3) is 0.545. The van der Waals surface area contributed by atoms with Gasteiger partial charge in [-0.2, -0.15) is 0 Å². The van der Waals surface area contributed by atoms with Crippen molar-refractivity contribution in [2.24, 2.45) is 0 Å². The summed E-state index contributed by atoms with van der Waals surface area (Å²) in [5.74, 6) is 0.706. The van der Waals surface area contributed by atoms with Crippen molar-refractivity contribution in [3.63, 3.8) is 0 Å². The van der Waals surface area contributed by atoms with Crippen LogP contribution in [0.25, 0.3) is 0 Å². The fourth-order valence-corrected chi connectivity index (χ4v) is 1.73. The van der Waals surface area contributed by atoms with E-state index in [4.69, 9.17) is 17.3 Å². The Balaban J connectivity index is 2.80. The summed E-state index contributed by atoms with van der Waals surface area (Å²) in [4.78, 5) is 4.18. The van der Waals surface area contributed by atoms with Crippen LogP contribution in [0, 0.1) is 0 Å². The largest absolute Gasteiger partial charge is 0.396 e. The average Bonchev–Trinajstić information content (AvgIpc) is 2.09. The molecule has 1 heterocycles. The monoisotopic (exact) mass is 227 g/mol. The van der Waals surface area contributed by atoms with E-state index in [-0.39, 0.29) is 5.54 Å². The molecular weight excluding hydrogens is 210 g/mol. The molecule has 0 amide bonds. The molecule has 15 heavy (non-hydrogen) atoms. The van der Waals surface area contributed by atoms with Crippen molar-refractivity contribution in [3.05, 3.63) is 17.3 Å². The van der Waals surface area contributed by atoms with E-state index in [0.29, 0.717) is 16.5 Å². The van der Waals surface area contributed by atoms with Gasteiger partial charge in [-0.15, -0.1) is 0 Å². The molecule has 0 aliphatic carbocycles. The van der Waals surface area contributed by atoms with Gasteiger partial charge in [0.05, 0.1) is 10.7 Å². The first-order valence-electron chi connectivity index (χ1n) is 5.14. The summed E-state index contributed by atoms with van der Waals surface area (Å²) in [6.07, 6.45) is 3.78. The number of nitrogens with two attached hydrogens (primary N) is 1. The van der Waals surface area contributed by atoms with Crippen molar-refractivity contribution in [1.82, 2.24) is 4.98 Å². The number of pyridine rings is 1. The highest BCUT2D eigenvalue weighted by molar-refractivity contribution is 6.30. The van der Waals surface area contributed by atoms with Gasteiger partial charge in [-0.3, -0.25) is 0 Å². The van der Waals surface area contributed by atoms with Crippen molar-refractivity contribution < 1.29 is 0 Å². The molecule has 0 aliphatic rings. The third kappa shape index (κ3) is 3.59. The number of aromatic nitrogens is 1. The van der Waals surface area contributed by atoms with Crippen molar-refractivity contribution >= 4 is 23.1 Å². The molecule has 0 radical (unpaired) electrons. The molecule has 3 N–H and O–H groups in total. The van der Waals surface area contributed by atoms with E-state index in [0.717, 1.165) is 12.8 Å². The molecule has 0 saturated heterocycles. The molecule has 1 rings (SSSR count). The van der Waals surface area contributed by atoms with Gasteiger partial charge < -0.3 is 11.1 Å². The molecule has 0 unspecified atom stereocenters. The van der Waals surface area contributed by atoms with E-state index in [2.05, 4.69) is 31.1 Å². The van der Waals surface area contributed by atoms with Gasteiger partial charge in [0.25, 0.3) is 0 Å². The lowest BCUT2D eigenvalue weighted by atomic mass is 9.99. The topological polar surface area (TPSA) is 50.9 Å². The van der Waals surface area contributed by atoms with Crippen molar-refractivity contribution in [1.29, 1.82) is 0 Å². The van der Waals surface area contributed by atoms with Crippen LogP contribution in [0.3, 0.4) is 0 Å². The van der Waals surface area contributed by atoms with E-state index in [1.165, 1.54) is 0 Å². The van der Waals surface area contributed by atoms with Crippen LogP contribution in [-0.2, 0) is 0 Å². The molecule has 3 nitrogen and oxygen atoms in total. The van der Waals surface area contributed by atoms with Crippen LogP contribution in [-0.4, -0.2) is 10.5 Å². The minimum atomic E-state index is 0.00367. The number of rotatable bonds is 4. The van der Waals surface area contributed by atoms with Gasteiger partial charge in [0.1, 0.15) is 5.82 Å². The lowest BCUT2D eigenvalue weighted by molar-refractivity contribution is 0.509. The van der Waals surface area contributed by atoms with Crippen LogP contribution in [0.4, 0.5) is 11.5 Å². The van der Waals surface area contributed by atoms with Crippen LogP contribution in [0.1, 0.15) is 33.6 Å². The predicted molar refractivity (Wildman–Crippen MR) is 66.3 cm³/mol. The first-order chi connectivity index (χ1) is 6.94. The van der Waals surface area contributed by atoms with Crippen LogP contribution < -0.4 is 11.1 Å². The summed E-state index contributed by atoms with van der Waals surface area (Å²) in [6.45, 7) is 6.42. The molecule has 0 aliphatic heterocycles. The van der Waals surface area contributed by atoms with Crippen LogP contribution in [0.5, 0.6) is 0 Å². The molecule has 1 aromatic rings. The van der Waals surface area contributed by atoms with Crippen LogP contribution in [0.15, 0.2) is 12.3 Å². The third-order valence-electron chi connectivity index (χ3n) is 2.22. The SMILES string of the molecule is CCCC(C)(C)Nc1ncc(Cl)cc1N. The zero-order valence-corrected chi connectivity index (χ0v) is 10.2.